The summed E-state index contributed by atoms with van der Waals surface area (Å²) in [6, 6.07) is 1.99. The molecule has 0 atom stereocenters. The third kappa shape index (κ3) is 4.72. The van der Waals surface area contributed by atoms with Gasteiger partial charge in [0.2, 0.25) is 11.5 Å². The average molecular weight is 310 g/mol. The molecule has 0 fully saturated rings. The molecule has 0 N–H and O–H groups in total. The Morgan fingerprint density at radius 3 is 1.82 bits per heavy atom. The van der Waals surface area contributed by atoms with Crippen molar-refractivity contribution in [3.05, 3.63) is 11.6 Å². The second-order valence-corrected chi connectivity index (χ2v) is 5.36. The van der Waals surface area contributed by atoms with E-state index >= 15 is 0 Å². The number of benzene rings is 1. The molecular weight excluding hydrogens is 280 g/mol. The summed E-state index contributed by atoms with van der Waals surface area (Å²) in [6.45, 7) is 2.24. The number of rotatable bonds is 11. The van der Waals surface area contributed by atoms with Gasteiger partial charge in [0.15, 0.2) is 11.5 Å². The van der Waals surface area contributed by atoms with E-state index < -0.39 is 0 Å². The summed E-state index contributed by atoms with van der Waals surface area (Å²) in [7, 11) is 6.52. The van der Waals surface area contributed by atoms with Crippen molar-refractivity contribution in [1.82, 2.24) is 0 Å². The number of ether oxygens (including phenoxy) is 4. The molecular formula is C18H30O4. The van der Waals surface area contributed by atoms with Crippen LogP contribution in [0.1, 0.15) is 51.0 Å². The number of methoxy groups -OCH3 is 4. The predicted molar refractivity (Wildman–Crippen MR) is 89.7 cm³/mol. The van der Waals surface area contributed by atoms with Crippen molar-refractivity contribution < 1.29 is 18.9 Å². The van der Waals surface area contributed by atoms with Gasteiger partial charge in [-0.05, 0) is 18.9 Å². The Morgan fingerprint density at radius 2 is 1.27 bits per heavy atom. The number of aryl methyl sites for hydroxylation is 1. The van der Waals surface area contributed by atoms with Gasteiger partial charge in [-0.3, -0.25) is 0 Å². The SMILES string of the molecule is CCCCCCCCc1cc(OC)c(OC)c(OC)c1OC. The van der Waals surface area contributed by atoms with Crippen LogP contribution in [-0.4, -0.2) is 28.4 Å². The van der Waals surface area contributed by atoms with Crippen LogP contribution >= 0.6 is 0 Å². The van der Waals surface area contributed by atoms with Gasteiger partial charge in [0.1, 0.15) is 0 Å². The lowest BCUT2D eigenvalue weighted by Crippen LogP contribution is -2.01. The smallest absolute Gasteiger partial charge is 0.207 e. The van der Waals surface area contributed by atoms with Crippen molar-refractivity contribution in [1.29, 1.82) is 0 Å². The van der Waals surface area contributed by atoms with Crippen molar-refractivity contribution in [3.8, 4) is 23.0 Å². The number of unbranched alkanes of at least 4 members (excludes halogenated alkanes) is 5. The maximum Gasteiger partial charge on any atom is 0.207 e. The summed E-state index contributed by atoms with van der Waals surface area (Å²) in [5.74, 6) is 2.61. The standard InChI is InChI=1S/C18H30O4/c1-6-7-8-9-10-11-12-14-13-15(19-2)17(21-4)18(22-5)16(14)20-3/h13H,6-12H2,1-5H3. The Labute approximate surface area is 134 Å². The lowest BCUT2D eigenvalue weighted by molar-refractivity contribution is 0.303. The summed E-state index contributed by atoms with van der Waals surface area (Å²) in [5.41, 5.74) is 1.10. The zero-order valence-electron chi connectivity index (χ0n) is 14.7. The average Bonchev–Trinajstić information content (AvgIpc) is 2.56. The molecule has 0 saturated heterocycles. The van der Waals surface area contributed by atoms with Gasteiger partial charge in [0.05, 0.1) is 28.4 Å². The van der Waals surface area contributed by atoms with Gasteiger partial charge >= 0.3 is 0 Å². The molecule has 0 amide bonds. The highest BCUT2D eigenvalue weighted by atomic mass is 16.5. The van der Waals surface area contributed by atoms with Crippen molar-refractivity contribution in [3.63, 3.8) is 0 Å². The molecule has 22 heavy (non-hydrogen) atoms. The minimum Gasteiger partial charge on any atom is -0.493 e. The Kier molecular flexibility index (Phi) is 8.56. The highest BCUT2D eigenvalue weighted by molar-refractivity contribution is 5.62. The van der Waals surface area contributed by atoms with E-state index in [2.05, 4.69) is 6.92 Å². The molecule has 0 aliphatic rings. The Bertz CT molecular complexity index is 443. The molecule has 0 heterocycles. The second-order valence-electron chi connectivity index (χ2n) is 5.36. The van der Waals surface area contributed by atoms with Crippen molar-refractivity contribution in [2.45, 2.75) is 51.9 Å². The molecule has 0 unspecified atom stereocenters. The zero-order valence-corrected chi connectivity index (χ0v) is 14.7. The van der Waals surface area contributed by atoms with Crippen LogP contribution in [-0.2, 0) is 6.42 Å². The molecule has 4 heteroatoms. The van der Waals surface area contributed by atoms with Crippen LogP contribution < -0.4 is 18.9 Å². The fraction of sp³-hybridized carbons (Fsp3) is 0.667. The molecule has 0 aliphatic carbocycles. The van der Waals surface area contributed by atoms with Crippen LogP contribution in [0, 0.1) is 0 Å². The molecule has 0 aromatic heterocycles. The van der Waals surface area contributed by atoms with E-state index in [4.69, 9.17) is 18.9 Å². The minimum absolute atomic E-state index is 0.577. The maximum absolute atomic E-state index is 5.54. The van der Waals surface area contributed by atoms with E-state index in [0.29, 0.717) is 17.2 Å². The largest absolute Gasteiger partial charge is 0.493 e. The lowest BCUT2D eigenvalue weighted by atomic mass is 10.0. The van der Waals surface area contributed by atoms with Gasteiger partial charge in [-0.25, -0.2) is 0 Å². The zero-order chi connectivity index (χ0) is 16.4. The van der Waals surface area contributed by atoms with Gasteiger partial charge in [0, 0.05) is 5.56 Å². The van der Waals surface area contributed by atoms with E-state index in [1.54, 1.807) is 28.4 Å². The topological polar surface area (TPSA) is 36.9 Å². The van der Waals surface area contributed by atoms with Crippen LogP contribution in [0.4, 0.5) is 0 Å². The van der Waals surface area contributed by atoms with Crippen molar-refractivity contribution >= 4 is 0 Å². The first kappa shape index (κ1) is 18.5. The highest BCUT2D eigenvalue weighted by Crippen LogP contribution is 2.46. The fourth-order valence-electron chi connectivity index (χ4n) is 2.69. The van der Waals surface area contributed by atoms with E-state index in [1.165, 1.54) is 32.1 Å². The molecule has 0 aliphatic heterocycles. The molecule has 4 nitrogen and oxygen atoms in total. The van der Waals surface area contributed by atoms with Gasteiger partial charge in [-0.2, -0.15) is 0 Å². The molecule has 1 rings (SSSR count). The molecule has 0 spiro atoms. The Morgan fingerprint density at radius 1 is 0.682 bits per heavy atom. The van der Waals surface area contributed by atoms with E-state index in [0.717, 1.165) is 24.2 Å². The summed E-state index contributed by atoms with van der Waals surface area (Å²) < 4.78 is 21.8. The first-order valence-electron chi connectivity index (χ1n) is 8.09. The first-order chi connectivity index (χ1) is 10.7. The summed E-state index contributed by atoms with van der Waals surface area (Å²) in [4.78, 5) is 0. The molecule has 0 saturated carbocycles. The third-order valence-electron chi connectivity index (χ3n) is 3.87. The van der Waals surface area contributed by atoms with Gasteiger partial charge in [-0.15, -0.1) is 0 Å². The lowest BCUT2D eigenvalue weighted by Gasteiger charge is -2.18. The third-order valence-corrected chi connectivity index (χ3v) is 3.87. The monoisotopic (exact) mass is 310 g/mol. The summed E-state index contributed by atoms with van der Waals surface area (Å²) in [5, 5.41) is 0. The normalized spacial score (nSPS) is 10.4. The highest BCUT2D eigenvalue weighted by Gasteiger charge is 2.21. The molecule has 1 aromatic carbocycles. The molecule has 0 radical (unpaired) electrons. The van der Waals surface area contributed by atoms with Gasteiger partial charge in [-0.1, -0.05) is 39.0 Å². The van der Waals surface area contributed by atoms with Crippen LogP contribution in [0.25, 0.3) is 0 Å². The second kappa shape index (κ2) is 10.2. The summed E-state index contributed by atoms with van der Waals surface area (Å²) >= 11 is 0. The maximum atomic E-state index is 5.54. The van der Waals surface area contributed by atoms with Crippen molar-refractivity contribution in [2.24, 2.45) is 0 Å². The fourth-order valence-corrected chi connectivity index (χ4v) is 2.69. The molecule has 126 valence electrons. The summed E-state index contributed by atoms with van der Waals surface area (Å²) in [6.07, 6.45) is 8.54. The van der Waals surface area contributed by atoms with E-state index in [1.807, 2.05) is 6.07 Å². The Balaban J connectivity index is 2.84. The first-order valence-corrected chi connectivity index (χ1v) is 8.09. The predicted octanol–water partition coefficient (Wildman–Crippen LogP) is 4.62. The number of hydrogen-bond acceptors (Lipinski definition) is 4. The van der Waals surface area contributed by atoms with Gasteiger partial charge < -0.3 is 18.9 Å². The van der Waals surface area contributed by atoms with E-state index in [9.17, 15) is 0 Å². The number of hydrogen-bond donors (Lipinski definition) is 0. The van der Waals surface area contributed by atoms with Crippen LogP contribution in [0.5, 0.6) is 23.0 Å². The Hall–Kier alpha value is -1.58. The van der Waals surface area contributed by atoms with Gasteiger partial charge in [0.25, 0.3) is 0 Å². The van der Waals surface area contributed by atoms with Crippen LogP contribution in [0.15, 0.2) is 6.07 Å². The van der Waals surface area contributed by atoms with Crippen LogP contribution in [0.2, 0.25) is 0 Å². The minimum atomic E-state index is 0.577. The van der Waals surface area contributed by atoms with Crippen LogP contribution in [0.3, 0.4) is 0 Å². The molecule has 1 aromatic rings. The van der Waals surface area contributed by atoms with E-state index in [-0.39, 0.29) is 0 Å². The van der Waals surface area contributed by atoms with Crippen molar-refractivity contribution in [2.75, 3.05) is 28.4 Å². The quantitative estimate of drug-likeness (QED) is 0.559. The molecule has 0 bridgehead atoms.